The van der Waals surface area contributed by atoms with Crippen molar-refractivity contribution in [2.75, 3.05) is 26.2 Å². The van der Waals surface area contributed by atoms with Crippen molar-refractivity contribution in [3.8, 4) is 0 Å². The van der Waals surface area contributed by atoms with Crippen LogP contribution in [0.1, 0.15) is 22.3 Å². The summed E-state index contributed by atoms with van der Waals surface area (Å²) in [5, 5.41) is 0. The lowest BCUT2D eigenvalue weighted by Gasteiger charge is -2.35. The Morgan fingerprint density at radius 2 is 1.48 bits per heavy atom. The van der Waals surface area contributed by atoms with E-state index in [1.54, 1.807) is 12.1 Å². The second kappa shape index (κ2) is 7.58. The molecule has 0 radical (unpaired) electrons. The van der Waals surface area contributed by atoms with E-state index in [-0.39, 0.29) is 0 Å². The van der Waals surface area contributed by atoms with E-state index in [0.717, 1.165) is 32.7 Å². The zero-order valence-electron chi connectivity index (χ0n) is 14.4. The van der Waals surface area contributed by atoms with Gasteiger partial charge in [0, 0.05) is 39.3 Å². The van der Waals surface area contributed by atoms with E-state index in [1.165, 1.54) is 23.3 Å². The zero-order chi connectivity index (χ0) is 17.9. The summed E-state index contributed by atoms with van der Waals surface area (Å²) in [6.45, 7) is 6.67. The average Bonchev–Trinajstić information content (AvgIpc) is 2.56. The summed E-state index contributed by atoms with van der Waals surface area (Å²) in [7, 11) is 0. The van der Waals surface area contributed by atoms with Crippen molar-refractivity contribution in [1.82, 2.24) is 9.80 Å². The molecule has 2 nitrogen and oxygen atoms in total. The largest absolute Gasteiger partial charge is 0.416 e. The zero-order valence-corrected chi connectivity index (χ0v) is 14.4. The molecule has 0 atom stereocenters. The van der Waals surface area contributed by atoms with Gasteiger partial charge in [-0.2, -0.15) is 13.2 Å². The average molecular weight is 348 g/mol. The van der Waals surface area contributed by atoms with Crippen LogP contribution in [-0.4, -0.2) is 36.0 Å². The van der Waals surface area contributed by atoms with Crippen molar-refractivity contribution in [3.63, 3.8) is 0 Å². The Morgan fingerprint density at radius 3 is 2.12 bits per heavy atom. The van der Waals surface area contributed by atoms with Crippen molar-refractivity contribution in [2.24, 2.45) is 0 Å². The Bertz CT molecular complexity index is 704. The third kappa shape index (κ3) is 4.83. The fourth-order valence-electron chi connectivity index (χ4n) is 3.35. The lowest BCUT2D eigenvalue weighted by Crippen LogP contribution is -2.45. The highest BCUT2D eigenvalue weighted by Gasteiger charge is 2.33. The van der Waals surface area contributed by atoms with Crippen molar-refractivity contribution >= 4 is 0 Å². The number of benzene rings is 2. The van der Waals surface area contributed by atoms with E-state index in [9.17, 15) is 13.2 Å². The standard InChI is InChI=1S/C20H23F3N2/c1-16-5-4-6-17(13-16)14-24-9-11-25(12-10-24)15-18-7-2-3-8-19(18)20(21,22)23/h2-8,13H,9-12,14-15H2,1H3. The molecule has 1 saturated heterocycles. The van der Waals surface area contributed by atoms with Crippen molar-refractivity contribution in [1.29, 1.82) is 0 Å². The molecular weight excluding hydrogens is 325 g/mol. The van der Waals surface area contributed by atoms with Crippen LogP contribution in [0, 0.1) is 6.92 Å². The second-order valence-electron chi connectivity index (χ2n) is 6.70. The highest BCUT2D eigenvalue weighted by Crippen LogP contribution is 2.32. The highest BCUT2D eigenvalue weighted by atomic mass is 19.4. The first-order valence-corrected chi connectivity index (χ1v) is 8.57. The Labute approximate surface area is 146 Å². The van der Waals surface area contributed by atoms with Gasteiger partial charge in [-0.25, -0.2) is 0 Å². The van der Waals surface area contributed by atoms with Gasteiger partial charge in [0.1, 0.15) is 0 Å². The topological polar surface area (TPSA) is 6.48 Å². The predicted molar refractivity (Wildman–Crippen MR) is 93.2 cm³/mol. The molecular formula is C20H23F3N2. The molecule has 0 amide bonds. The van der Waals surface area contributed by atoms with Crippen molar-refractivity contribution in [2.45, 2.75) is 26.2 Å². The van der Waals surface area contributed by atoms with E-state index in [4.69, 9.17) is 0 Å². The number of aryl methyl sites for hydroxylation is 1. The van der Waals surface area contributed by atoms with Gasteiger partial charge in [-0.05, 0) is 24.1 Å². The third-order valence-corrected chi connectivity index (χ3v) is 4.67. The molecule has 1 aliphatic heterocycles. The van der Waals surface area contributed by atoms with E-state index in [2.05, 4.69) is 41.0 Å². The van der Waals surface area contributed by atoms with Crippen LogP contribution in [0.5, 0.6) is 0 Å². The van der Waals surface area contributed by atoms with Gasteiger partial charge in [-0.1, -0.05) is 48.0 Å². The van der Waals surface area contributed by atoms with E-state index >= 15 is 0 Å². The van der Waals surface area contributed by atoms with E-state index in [1.807, 2.05) is 0 Å². The lowest BCUT2D eigenvalue weighted by atomic mass is 10.1. The smallest absolute Gasteiger partial charge is 0.297 e. The fraction of sp³-hybridized carbons (Fsp3) is 0.400. The maximum absolute atomic E-state index is 13.1. The first kappa shape index (κ1) is 18.0. The molecule has 1 fully saturated rings. The summed E-state index contributed by atoms with van der Waals surface area (Å²) in [5.74, 6) is 0. The first-order valence-electron chi connectivity index (χ1n) is 8.57. The Kier molecular flexibility index (Phi) is 5.45. The highest BCUT2D eigenvalue weighted by molar-refractivity contribution is 5.29. The minimum atomic E-state index is -4.29. The minimum absolute atomic E-state index is 0.355. The minimum Gasteiger partial charge on any atom is -0.297 e. The molecule has 25 heavy (non-hydrogen) atoms. The van der Waals surface area contributed by atoms with Gasteiger partial charge in [0.05, 0.1) is 5.56 Å². The second-order valence-corrected chi connectivity index (χ2v) is 6.70. The van der Waals surface area contributed by atoms with Crippen LogP contribution in [0.4, 0.5) is 13.2 Å². The van der Waals surface area contributed by atoms with Crippen LogP contribution in [0.25, 0.3) is 0 Å². The number of halogens is 3. The summed E-state index contributed by atoms with van der Waals surface area (Å²) in [4.78, 5) is 4.47. The molecule has 2 aromatic carbocycles. The molecule has 1 heterocycles. The van der Waals surface area contributed by atoms with Crippen LogP contribution < -0.4 is 0 Å². The summed E-state index contributed by atoms with van der Waals surface area (Å²) in [5.41, 5.74) is 2.38. The van der Waals surface area contributed by atoms with Gasteiger partial charge in [0.15, 0.2) is 0 Å². The third-order valence-electron chi connectivity index (χ3n) is 4.67. The summed E-state index contributed by atoms with van der Waals surface area (Å²) >= 11 is 0. The number of piperazine rings is 1. The van der Waals surface area contributed by atoms with Gasteiger partial charge in [0.25, 0.3) is 0 Å². The van der Waals surface area contributed by atoms with E-state index in [0.29, 0.717) is 12.1 Å². The van der Waals surface area contributed by atoms with Crippen LogP contribution in [0.3, 0.4) is 0 Å². The number of rotatable bonds is 4. The van der Waals surface area contributed by atoms with Crippen LogP contribution in [-0.2, 0) is 19.3 Å². The number of alkyl halides is 3. The fourth-order valence-corrected chi connectivity index (χ4v) is 3.35. The van der Waals surface area contributed by atoms with Crippen molar-refractivity contribution in [3.05, 3.63) is 70.8 Å². The number of hydrogen-bond acceptors (Lipinski definition) is 2. The summed E-state index contributed by atoms with van der Waals surface area (Å²) in [6, 6.07) is 14.3. The predicted octanol–water partition coefficient (Wildman–Crippen LogP) is 4.33. The molecule has 1 aliphatic rings. The number of nitrogens with zero attached hydrogens (tertiary/aromatic N) is 2. The summed E-state index contributed by atoms with van der Waals surface area (Å²) in [6.07, 6.45) is -4.29. The Hall–Kier alpha value is -1.85. The molecule has 0 saturated carbocycles. The van der Waals surface area contributed by atoms with Crippen LogP contribution in [0.2, 0.25) is 0 Å². The Morgan fingerprint density at radius 1 is 0.840 bits per heavy atom. The van der Waals surface area contributed by atoms with Gasteiger partial charge in [0.2, 0.25) is 0 Å². The monoisotopic (exact) mass is 348 g/mol. The maximum atomic E-state index is 13.1. The quantitative estimate of drug-likeness (QED) is 0.811. The molecule has 5 heteroatoms. The van der Waals surface area contributed by atoms with Gasteiger partial charge >= 0.3 is 6.18 Å². The Balaban J connectivity index is 1.57. The molecule has 0 spiro atoms. The molecule has 0 aromatic heterocycles. The van der Waals surface area contributed by atoms with Gasteiger partial charge in [-0.3, -0.25) is 9.80 Å². The normalized spacial score (nSPS) is 17.0. The van der Waals surface area contributed by atoms with E-state index < -0.39 is 11.7 Å². The molecule has 0 aliphatic carbocycles. The summed E-state index contributed by atoms with van der Waals surface area (Å²) < 4.78 is 39.3. The van der Waals surface area contributed by atoms with Crippen molar-refractivity contribution < 1.29 is 13.2 Å². The molecule has 0 N–H and O–H groups in total. The molecule has 2 aromatic rings. The molecule has 0 bridgehead atoms. The van der Waals surface area contributed by atoms with Gasteiger partial charge < -0.3 is 0 Å². The van der Waals surface area contributed by atoms with Crippen LogP contribution >= 0.6 is 0 Å². The molecule has 3 rings (SSSR count). The molecule has 0 unspecified atom stereocenters. The lowest BCUT2D eigenvalue weighted by molar-refractivity contribution is -0.138. The van der Waals surface area contributed by atoms with Crippen LogP contribution in [0.15, 0.2) is 48.5 Å². The SMILES string of the molecule is Cc1cccc(CN2CCN(Cc3ccccc3C(F)(F)F)CC2)c1. The first-order chi connectivity index (χ1) is 11.9. The maximum Gasteiger partial charge on any atom is 0.416 e. The molecule has 134 valence electrons. The van der Waals surface area contributed by atoms with Gasteiger partial charge in [-0.15, -0.1) is 0 Å². The number of hydrogen-bond donors (Lipinski definition) is 0.